The Morgan fingerprint density at radius 1 is 0.902 bits per heavy atom. The Hall–Kier alpha value is -3.28. The monoisotopic (exact) mass is 702 g/mol. The molecular formula is C29H21Br2ClN2O7. The molecule has 3 amide bonds. The van der Waals surface area contributed by atoms with Crippen LogP contribution in [0.3, 0.4) is 0 Å². The van der Waals surface area contributed by atoms with Gasteiger partial charge >= 0.3 is 5.97 Å². The standard InChI is InChI=1S/C29H21Br2ClN2O7/c30-24-18-12-19(25(24)31)23-22(18)27(37)34(28(23)38)33(26(36)15-3-7-16(32)8-4-15)13-20(35)14-5-9-17(10-6-14)41-29(39)21-2-1-11-40-21/h1-11,18-19,22-25H,12-13H2/t18-,19-,22-,23-,24-,25+/m1/s1. The zero-order chi connectivity index (χ0) is 29.0. The Bertz CT molecular complexity index is 1510. The molecule has 2 bridgehead atoms. The third-order valence-corrected chi connectivity index (χ3v) is 11.4. The summed E-state index contributed by atoms with van der Waals surface area (Å²) in [6, 6.07) is 14.7. The minimum Gasteiger partial charge on any atom is -0.457 e. The number of carbonyl (C=O) groups is 5. The number of hydrogen-bond donors (Lipinski definition) is 0. The fourth-order valence-electron chi connectivity index (χ4n) is 6.03. The molecule has 210 valence electrons. The van der Waals surface area contributed by atoms with Crippen molar-refractivity contribution in [2.75, 3.05) is 6.54 Å². The average Bonchev–Trinajstić information content (AvgIpc) is 3.74. The summed E-state index contributed by atoms with van der Waals surface area (Å²) in [7, 11) is 0. The predicted molar refractivity (Wildman–Crippen MR) is 153 cm³/mol. The van der Waals surface area contributed by atoms with Gasteiger partial charge < -0.3 is 9.15 Å². The van der Waals surface area contributed by atoms with Crippen LogP contribution < -0.4 is 4.74 Å². The van der Waals surface area contributed by atoms with Crippen LogP contribution in [0.25, 0.3) is 0 Å². The topological polar surface area (TPSA) is 114 Å². The molecule has 0 spiro atoms. The predicted octanol–water partition coefficient (Wildman–Crippen LogP) is 5.17. The number of fused-ring (bicyclic) bond motifs is 5. The molecule has 12 heteroatoms. The van der Waals surface area contributed by atoms with Crippen molar-refractivity contribution in [2.45, 2.75) is 16.1 Å². The highest BCUT2D eigenvalue weighted by Gasteiger charge is 2.67. The van der Waals surface area contributed by atoms with E-state index in [1.165, 1.54) is 60.9 Å². The summed E-state index contributed by atoms with van der Waals surface area (Å²) in [6.45, 7) is -0.561. The summed E-state index contributed by atoms with van der Waals surface area (Å²) in [4.78, 5) is 66.8. The van der Waals surface area contributed by atoms with E-state index < -0.39 is 47.9 Å². The Kier molecular flexibility index (Phi) is 7.37. The lowest BCUT2D eigenvalue weighted by atomic mass is 9.81. The van der Waals surface area contributed by atoms with Crippen LogP contribution in [0.1, 0.15) is 37.7 Å². The molecule has 2 aromatic carbocycles. The van der Waals surface area contributed by atoms with Crippen LogP contribution in [-0.4, -0.2) is 55.7 Å². The van der Waals surface area contributed by atoms with Gasteiger partial charge in [0.05, 0.1) is 18.1 Å². The van der Waals surface area contributed by atoms with E-state index in [4.69, 9.17) is 20.8 Å². The summed E-state index contributed by atoms with van der Waals surface area (Å²) >= 11 is 13.3. The van der Waals surface area contributed by atoms with Crippen molar-refractivity contribution in [2.24, 2.45) is 23.7 Å². The van der Waals surface area contributed by atoms with Crippen molar-refractivity contribution < 1.29 is 33.1 Å². The van der Waals surface area contributed by atoms with Crippen LogP contribution in [0.2, 0.25) is 5.02 Å². The second-order valence-corrected chi connectivity index (χ2v) is 12.7. The summed E-state index contributed by atoms with van der Waals surface area (Å²) in [5.41, 5.74) is 0.358. The maximum Gasteiger partial charge on any atom is 0.379 e. The second kappa shape index (κ2) is 10.8. The molecular weight excluding hydrogens is 684 g/mol. The maximum atomic E-state index is 13.7. The highest BCUT2D eigenvalue weighted by Crippen LogP contribution is 2.60. The van der Waals surface area contributed by atoms with E-state index in [1.807, 2.05) is 0 Å². The van der Waals surface area contributed by atoms with E-state index in [0.29, 0.717) is 5.02 Å². The van der Waals surface area contributed by atoms with Gasteiger partial charge in [0, 0.05) is 25.8 Å². The Morgan fingerprint density at radius 3 is 2.05 bits per heavy atom. The first-order valence-corrected chi connectivity index (χ1v) is 15.0. The number of halogens is 3. The van der Waals surface area contributed by atoms with Crippen LogP contribution in [0, 0.1) is 23.7 Å². The number of furan rings is 1. The van der Waals surface area contributed by atoms with E-state index in [0.717, 1.165) is 16.4 Å². The number of imide groups is 1. The zero-order valence-electron chi connectivity index (χ0n) is 21.1. The Labute approximate surface area is 256 Å². The first kappa shape index (κ1) is 27.9. The maximum absolute atomic E-state index is 13.7. The quantitative estimate of drug-likeness (QED) is 0.110. The van der Waals surface area contributed by atoms with Gasteiger partial charge in [0.15, 0.2) is 5.78 Å². The Morgan fingerprint density at radius 2 is 1.49 bits per heavy atom. The van der Waals surface area contributed by atoms with Crippen molar-refractivity contribution in [1.29, 1.82) is 0 Å². The molecule has 0 unspecified atom stereocenters. The highest BCUT2D eigenvalue weighted by molar-refractivity contribution is 9.12. The van der Waals surface area contributed by atoms with Crippen molar-refractivity contribution in [1.82, 2.24) is 10.0 Å². The van der Waals surface area contributed by atoms with Crippen molar-refractivity contribution in [3.63, 3.8) is 0 Å². The molecule has 3 aliphatic rings. The fraction of sp³-hybridized carbons (Fsp3) is 0.276. The molecule has 0 radical (unpaired) electrons. The number of rotatable bonds is 7. The number of nitrogens with zero attached hydrogens (tertiary/aromatic N) is 2. The number of hydrogen-bond acceptors (Lipinski definition) is 7. The molecule has 6 rings (SSSR count). The lowest BCUT2D eigenvalue weighted by Crippen LogP contribution is -2.52. The molecule has 2 saturated carbocycles. The van der Waals surface area contributed by atoms with Gasteiger partial charge in [0.25, 0.3) is 17.7 Å². The molecule has 1 aliphatic heterocycles. The van der Waals surface area contributed by atoms with Gasteiger partial charge in [0.1, 0.15) is 12.3 Å². The Balaban J connectivity index is 1.26. The van der Waals surface area contributed by atoms with Crippen LogP contribution in [-0.2, 0) is 9.59 Å². The first-order valence-electron chi connectivity index (χ1n) is 12.8. The smallest absolute Gasteiger partial charge is 0.379 e. The summed E-state index contributed by atoms with van der Waals surface area (Å²) in [5, 5.41) is 2.21. The normalized spacial score (nSPS) is 26.3. The SMILES string of the molecule is O=C(CN(C(=O)c1ccc(Cl)cc1)N1C(=O)[C@@H]2[C@H]3C[C@@H]([C@@H](Br)[C@H]3Br)[C@H]2C1=O)c1ccc(OC(=O)c2ccco2)cc1. The third-order valence-electron chi connectivity index (χ3n) is 7.93. The van der Waals surface area contributed by atoms with Crippen molar-refractivity contribution >= 4 is 72.9 Å². The van der Waals surface area contributed by atoms with Crippen LogP contribution in [0.4, 0.5) is 0 Å². The van der Waals surface area contributed by atoms with Crippen LogP contribution in [0.15, 0.2) is 71.3 Å². The zero-order valence-corrected chi connectivity index (χ0v) is 25.0. The molecule has 9 nitrogen and oxygen atoms in total. The molecule has 6 atom stereocenters. The number of hydrazine groups is 1. The van der Waals surface area contributed by atoms with E-state index in [1.54, 1.807) is 6.07 Å². The largest absolute Gasteiger partial charge is 0.457 e. The molecule has 41 heavy (non-hydrogen) atoms. The van der Waals surface area contributed by atoms with Gasteiger partial charge in [-0.1, -0.05) is 43.5 Å². The van der Waals surface area contributed by atoms with Gasteiger partial charge in [-0.25, -0.2) is 9.80 Å². The fourth-order valence-corrected chi connectivity index (χ4v) is 8.03. The lowest BCUT2D eigenvalue weighted by molar-refractivity contribution is -0.154. The van der Waals surface area contributed by atoms with Gasteiger partial charge in [-0.15, -0.1) is 0 Å². The molecule has 2 heterocycles. The van der Waals surface area contributed by atoms with Gasteiger partial charge in [-0.3, -0.25) is 19.2 Å². The molecule has 3 fully saturated rings. The van der Waals surface area contributed by atoms with Gasteiger partial charge in [0.2, 0.25) is 5.76 Å². The van der Waals surface area contributed by atoms with Crippen molar-refractivity contribution in [3.05, 3.63) is 88.8 Å². The van der Waals surface area contributed by atoms with Crippen molar-refractivity contribution in [3.8, 4) is 5.75 Å². The third kappa shape index (κ3) is 4.83. The minimum absolute atomic E-state index is 0.0212. The summed E-state index contributed by atoms with van der Waals surface area (Å²) < 4.78 is 10.3. The van der Waals surface area contributed by atoms with Gasteiger partial charge in [-0.05, 0) is 78.9 Å². The second-order valence-electron chi connectivity index (χ2n) is 10.2. The number of esters is 1. The lowest BCUT2D eigenvalue weighted by Gasteiger charge is -2.31. The number of carbonyl (C=O) groups excluding carboxylic acids is 5. The summed E-state index contributed by atoms with van der Waals surface area (Å²) in [6.07, 6.45) is 2.08. The van der Waals surface area contributed by atoms with Crippen LogP contribution >= 0.6 is 43.5 Å². The van der Waals surface area contributed by atoms with Gasteiger partial charge in [-0.2, -0.15) is 5.01 Å². The molecule has 2 aliphatic carbocycles. The van der Waals surface area contributed by atoms with E-state index >= 15 is 0 Å². The number of Topliss-reactive ketones (excluding diaryl/α,β-unsaturated/α-hetero) is 1. The summed E-state index contributed by atoms with van der Waals surface area (Å²) in [5.74, 6) is -3.91. The number of ether oxygens (including phenoxy) is 1. The van der Waals surface area contributed by atoms with E-state index in [9.17, 15) is 24.0 Å². The minimum atomic E-state index is -0.698. The number of amides is 3. The highest BCUT2D eigenvalue weighted by atomic mass is 79.9. The molecule has 0 N–H and O–H groups in total. The molecule has 1 saturated heterocycles. The average molecular weight is 705 g/mol. The van der Waals surface area contributed by atoms with Crippen LogP contribution in [0.5, 0.6) is 5.75 Å². The van der Waals surface area contributed by atoms with E-state index in [2.05, 4.69) is 31.9 Å². The molecule has 1 aromatic heterocycles. The first-order chi connectivity index (χ1) is 19.7. The van der Waals surface area contributed by atoms with E-state index in [-0.39, 0.29) is 44.1 Å². The number of ketones is 1. The molecule has 3 aromatic rings. The number of alkyl halides is 2. The number of benzene rings is 2.